The van der Waals surface area contributed by atoms with Gasteiger partial charge in [-0.3, -0.25) is 4.79 Å². The van der Waals surface area contributed by atoms with E-state index >= 15 is 0 Å². The Bertz CT molecular complexity index is 1300. The van der Waals surface area contributed by atoms with Crippen molar-refractivity contribution < 1.29 is 9.53 Å². The summed E-state index contributed by atoms with van der Waals surface area (Å²) in [7, 11) is 0. The van der Waals surface area contributed by atoms with E-state index in [1.807, 2.05) is 59.5 Å². The fourth-order valence-electron chi connectivity index (χ4n) is 4.71. The van der Waals surface area contributed by atoms with E-state index in [0.29, 0.717) is 24.6 Å². The topological polar surface area (TPSA) is 47.4 Å². The molecule has 5 rings (SSSR count). The minimum absolute atomic E-state index is 0.0739. The van der Waals surface area contributed by atoms with Crippen LogP contribution < -0.4 is 9.64 Å². The number of benzene rings is 3. The summed E-state index contributed by atoms with van der Waals surface area (Å²) < 4.78 is 8.15. The molecule has 1 aliphatic rings. The van der Waals surface area contributed by atoms with Crippen molar-refractivity contribution in [2.45, 2.75) is 38.6 Å². The molecular weight excluding hydrogens is 446 g/mol. The molecule has 174 valence electrons. The number of carbonyl (C=O) groups excluding carboxylic acids is 1. The Morgan fingerprint density at radius 2 is 1.76 bits per heavy atom. The van der Waals surface area contributed by atoms with Crippen LogP contribution in [0.3, 0.4) is 0 Å². The molecule has 5 nitrogen and oxygen atoms in total. The maximum Gasteiger partial charge on any atom is 0.227 e. The van der Waals surface area contributed by atoms with Gasteiger partial charge in [-0.1, -0.05) is 41.9 Å². The van der Waals surface area contributed by atoms with Crippen molar-refractivity contribution in [3.8, 4) is 5.75 Å². The summed E-state index contributed by atoms with van der Waals surface area (Å²) in [5.41, 5.74) is 4.22. The van der Waals surface area contributed by atoms with Crippen LogP contribution in [0.5, 0.6) is 5.75 Å². The molecule has 1 aliphatic heterocycles. The standard InChI is InChI=1S/C28H28ClN3O2/c1-20-8-2-4-10-25(20)32-19-21(18-27(32)33)28-30-24-9-3-5-11-26(24)31(28)16-6-7-17-34-23-14-12-22(29)13-15-23/h2-5,8-15,21H,6-7,16-19H2,1H3/t21-/m0/s1. The van der Waals surface area contributed by atoms with Crippen LogP contribution in [0.4, 0.5) is 5.69 Å². The average molecular weight is 474 g/mol. The molecule has 0 saturated carbocycles. The number of hydrogen-bond acceptors (Lipinski definition) is 3. The quantitative estimate of drug-likeness (QED) is 0.279. The number of amides is 1. The molecule has 0 unspecified atom stereocenters. The number of halogens is 1. The highest BCUT2D eigenvalue weighted by molar-refractivity contribution is 6.30. The number of aromatic nitrogens is 2. The van der Waals surface area contributed by atoms with Gasteiger partial charge in [-0.2, -0.15) is 0 Å². The van der Waals surface area contributed by atoms with E-state index in [2.05, 4.69) is 29.7 Å². The summed E-state index contributed by atoms with van der Waals surface area (Å²) in [6.07, 6.45) is 2.37. The Kier molecular flexibility index (Phi) is 6.54. The van der Waals surface area contributed by atoms with Gasteiger partial charge in [-0.05, 0) is 67.8 Å². The number of carbonyl (C=O) groups is 1. The lowest BCUT2D eigenvalue weighted by molar-refractivity contribution is -0.117. The van der Waals surface area contributed by atoms with Crippen molar-refractivity contribution in [1.82, 2.24) is 9.55 Å². The highest BCUT2D eigenvalue weighted by Crippen LogP contribution is 2.34. The Labute approximate surface area is 204 Å². The molecule has 6 heteroatoms. The molecule has 1 fully saturated rings. The molecule has 0 bridgehead atoms. The van der Waals surface area contributed by atoms with E-state index < -0.39 is 0 Å². The number of rotatable bonds is 8. The molecule has 0 spiro atoms. The summed E-state index contributed by atoms with van der Waals surface area (Å²) in [5.74, 6) is 2.07. The van der Waals surface area contributed by atoms with E-state index in [0.717, 1.165) is 53.2 Å². The molecule has 4 aromatic rings. The van der Waals surface area contributed by atoms with E-state index in [1.54, 1.807) is 0 Å². The first kappa shape index (κ1) is 22.5. The maximum atomic E-state index is 13.0. The molecule has 2 heterocycles. The molecule has 0 aliphatic carbocycles. The van der Waals surface area contributed by atoms with E-state index in [-0.39, 0.29) is 11.8 Å². The summed E-state index contributed by atoms with van der Waals surface area (Å²) in [4.78, 5) is 19.9. The summed E-state index contributed by atoms with van der Waals surface area (Å²) in [5, 5.41) is 0.707. The first-order valence-electron chi connectivity index (χ1n) is 11.8. The number of unbranched alkanes of at least 4 members (excludes halogenated alkanes) is 1. The number of hydrogen-bond donors (Lipinski definition) is 0. The maximum absolute atomic E-state index is 13.0. The minimum atomic E-state index is 0.0739. The van der Waals surface area contributed by atoms with Crippen LogP contribution >= 0.6 is 11.6 Å². The second-order valence-corrected chi connectivity index (χ2v) is 9.25. The molecule has 1 atom stereocenters. The van der Waals surface area contributed by atoms with Gasteiger partial charge in [-0.15, -0.1) is 0 Å². The number of aryl methyl sites for hydroxylation is 2. The largest absolute Gasteiger partial charge is 0.494 e. The molecule has 1 saturated heterocycles. The van der Waals surface area contributed by atoms with Gasteiger partial charge in [-0.25, -0.2) is 4.98 Å². The lowest BCUT2D eigenvalue weighted by atomic mass is 10.1. The summed E-state index contributed by atoms with van der Waals surface area (Å²) in [6.45, 7) is 4.20. The van der Waals surface area contributed by atoms with Crippen molar-refractivity contribution in [2.24, 2.45) is 0 Å². The van der Waals surface area contributed by atoms with Crippen LogP contribution in [0, 0.1) is 6.92 Å². The third-order valence-corrected chi connectivity index (χ3v) is 6.69. The zero-order chi connectivity index (χ0) is 23.5. The third kappa shape index (κ3) is 4.66. The number of ether oxygens (including phenoxy) is 1. The van der Waals surface area contributed by atoms with Crippen LogP contribution in [-0.2, 0) is 11.3 Å². The van der Waals surface area contributed by atoms with Crippen LogP contribution in [-0.4, -0.2) is 28.6 Å². The van der Waals surface area contributed by atoms with Gasteiger partial charge in [0.15, 0.2) is 0 Å². The van der Waals surface area contributed by atoms with E-state index in [9.17, 15) is 4.79 Å². The Hall–Kier alpha value is -3.31. The Morgan fingerprint density at radius 1 is 1.00 bits per heavy atom. The lowest BCUT2D eigenvalue weighted by Crippen LogP contribution is -2.25. The second kappa shape index (κ2) is 9.90. The summed E-state index contributed by atoms with van der Waals surface area (Å²) >= 11 is 5.94. The summed E-state index contributed by atoms with van der Waals surface area (Å²) in [6, 6.07) is 23.8. The monoisotopic (exact) mass is 473 g/mol. The van der Waals surface area contributed by atoms with Gasteiger partial charge in [0.05, 0.1) is 17.6 Å². The van der Waals surface area contributed by atoms with Gasteiger partial charge in [0.25, 0.3) is 0 Å². The highest BCUT2D eigenvalue weighted by Gasteiger charge is 2.35. The first-order chi connectivity index (χ1) is 16.6. The lowest BCUT2D eigenvalue weighted by Gasteiger charge is -2.19. The molecule has 1 aromatic heterocycles. The van der Waals surface area contributed by atoms with Gasteiger partial charge in [0.1, 0.15) is 11.6 Å². The molecular formula is C28H28ClN3O2. The van der Waals surface area contributed by atoms with Crippen molar-refractivity contribution in [2.75, 3.05) is 18.1 Å². The zero-order valence-corrected chi connectivity index (χ0v) is 20.0. The fourth-order valence-corrected chi connectivity index (χ4v) is 4.84. The average Bonchev–Trinajstić information content (AvgIpc) is 3.41. The van der Waals surface area contributed by atoms with Gasteiger partial charge in [0.2, 0.25) is 5.91 Å². The first-order valence-corrected chi connectivity index (χ1v) is 12.2. The second-order valence-electron chi connectivity index (χ2n) is 8.81. The SMILES string of the molecule is Cc1ccccc1N1C[C@@H](c2nc3ccccc3n2CCCCOc2ccc(Cl)cc2)CC1=O. The van der Waals surface area contributed by atoms with Gasteiger partial charge in [0, 0.05) is 36.1 Å². The van der Waals surface area contributed by atoms with Crippen molar-refractivity contribution in [1.29, 1.82) is 0 Å². The molecule has 0 radical (unpaired) electrons. The molecule has 1 amide bonds. The van der Waals surface area contributed by atoms with Gasteiger partial charge >= 0.3 is 0 Å². The van der Waals surface area contributed by atoms with Crippen LogP contribution in [0.15, 0.2) is 72.8 Å². The third-order valence-electron chi connectivity index (χ3n) is 6.44. The van der Waals surface area contributed by atoms with Crippen LogP contribution in [0.2, 0.25) is 5.02 Å². The number of para-hydroxylation sites is 3. The van der Waals surface area contributed by atoms with Crippen LogP contribution in [0.1, 0.15) is 36.6 Å². The predicted octanol–water partition coefficient (Wildman–Crippen LogP) is 6.38. The van der Waals surface area contributed by atoms with Crippen molar-refractivity contribution in [3.05, 3.63) is 89.2 Å². The number of imidazole rings is 1. The Balaban J connectivity index is 1.30. The molecule has 3 aromatic carbocycles. The Morgan fingerprint density at radius 3 is 2.59 bits per heavy atom. The number of fused-ring (bicyclic) bond motifs is 1. The predicted molar refractivity (Wildman–Crippen MR) is 137 cm³/mol. The smallest absolute Gasteiger partial charge is 0.227 e. The van der Waals surface area contributed by atoms with Crippen LogP contribution in [0.25, 0.3) is 11.0 Å². The molecule has 0 N–H and O–H groups in total. The van der Waals surface area contributed by atoms with Crippen molar-refractivity contribution in [3.63, 3.8) is 0 Å². The molecule has 34 heavy (non-hydrogen) atoms. The number of anilines is 1. The number of nitrogens with zero attached hydrogens (tertiary/aromatic N) is 3. The zero-order valence-electron chi connectivity index (χ0n) is 19.3. The fraction of sp³-hybridized carbons (Fsp3) is 0.286. The normalized spacial score (nSPS) is 15.9. The van der Waals surface area contributed by atoms with Gasteiger partial charge < -0.3 is 14.2 Å². The van der Waals surface area contributed by atoms with E-state index in [1.165, 1.54) is 0 Å². The van der Waals surface area contributed by atoms with E-state index in [4.69, 9.17) is 21.3 Å². The minimum Gasteiger partial charge on any atom is -0.494 e. The highest BCUT2D eigenvalue weighted by atomic mass is 35.5. The van der Waals surface area contributed by atoms with Crippen molar-refractivity contribution >= 4 is 34.2 Å².